The lowest BCUT2D eigenvalue weighted by molar-refractivity contribution is -0.140. The quantitative estimate of drug-likeness (QED) is 0.782. The van der Waals surface area contributed by atoms with Crippen molar-refractivity contribution in [1.82, 2.24) is 15.0 Å². The highest BCUT2D eigenvalue weighted by molar-refractivity contribution is 5.79. The molecule has 1 aromatic carbocycles. The minimum Gasteiger partial charge on any atom is -0.473 e. The Labute approximate surface area is 175 Å². The molecule has 0 bridgehead atoms. The summed E-state index contributed by atoms with van der Waals surface area (Å²) in [5.74, 6) is 0.791. The van der Waals surface area contributed by atoms with Gasteiger partial charge in [-0.05, 0) is 37.5 Å². The van der Waals surface area contributed by atoms with Crippen LogP contribution in [-0.4, -0.2) is 40.2 Å². The molecule has 166 valence electrons. The molecule has 1 fully saturated rings. The zero-order valence-electron chi connectivity index (χ0n) is 16.7. The number of benzene rings is 1. The predicted octanol–water partition coefficient (Wildman–Crippen LogP) is 2.89. The number of carbonyl (C=O) groups is 1. The molecule has 2 aromatic rings. The molecule has 7 nitrogen and oxygen atoms in total. The van der Waals surface area contributed by atoms with Crippen molar-refractivity contribution in [2.75, 3.05) is 13.3 Å². The highest BCUT2D eigenvalue weighted by Crippen LogP contribution is 2.37. The summed E-state index contributed by atoms with van der Waals surface area (Å²) in [7, 11) is 0. The summed E-state index contributed by atoms with van der Waals surface area (Å²) in [5.41, 5.74) is 0.0747. The Bertz CT molecular complexity index is 1060. The van der Waals surface area contributed by atoms with Crippen molar-refractivity contribution in [1.29, 1.82) is 0 Å². The van der Waals surface area contributed by atoms with E-state index in [0.29, 0.717) is 48.4 Å². The fourth-order valence-corrected chi connectivity index (χ4v) is 4.89. The number of fused-ring (bicyclic) bond motifs is 2. The third kappa shape index (κ3) is 3.73. The standard InChI is InChI=1S/C21H22F3N3O4/c22-21(23,24)14-2-4-17-13(7-14)9-27(11-30-17)20(29)12-1-3-15(8-12)26-6-5-18-16(10-26)19(28)25-31-18/h2,4,7,12,15H,1,3,5-6,8-11H2,(H,25,28). The maximum absolute atomic E-state index is 13.1. The van der Waals surface area contributed by atoms with E-state index in [0.717, 1.165) is 25.1 Å². The first-order chi connectivity index (χ1) is 14.8. The van der Waals surface area contributed by atoms with Crippen molar-refractivity contribution in [3.8, 4) is 5.75 Å². The van der Waals surface area contributed by atoms with Crippen LogP contribution in [-0.2, 0) is 30.5 Å². The van der Waals surface area contributed by atoms with Crippen molar-refractivity contribution in [2.45, 2.75) is 51.0 Å². The Morgan fingerprint density at radius 2 is 2.03 bits per heavy atom. The topological polar surface area (TPSA) is 78.8 Å². The van der Waals surface area contributed by atoms with E-state index in [1.54, 1.807) is 0 Å². The molecule has 1 aromatic heterocycles. The van der Waals surface area contributed by atoms with E-state index >= 15 is 0 Å². The third-order valence-corrected chi connectivity index (χ3v) is 6.57. The first kappa shape index (κ1) is 20.2. The number of H-pyrrole nitrogens is 1. The lowest BCUT2D eigenvalue weighted by atomic mass is 10.0. The van der Waals surface area contributed by atoms with Crippen LogP contribution < -0.4 is 10.3 Å². The van der Waals surface area contributed by atoms with Crippen LogP contribution in [0.2, 0.25) is 0 Å². The Morgan fingerprint density at radius 3 is 2.84 bits per heavy atom. The van der Waals surface area contributed by atoms with E-state index < -0.39 is 11.7 Å². The number of rotatable bonds is 2. The molecule has 1 amide bonds. The van der Waals surface area contributed by atoms with E-state index in [1.807, 2.05) is 0 Å². The van der Waals surface area contributed by atoms with E-state index in [2.05, 4.69) is 10.1 Å². The number of hydrogen-bond acceptors (Lipinski definition) is 5. The summed E-state index contributed by atoms with van der Waals surface area (Å²) < 4.78 is 49.8. The van der Waals surface area contributed by atoms with Gasteiger partial charge in [0.05, 0.1) is 17.7 Å². The van der Waals surface area contributed by atoms with Crippen LogP contribution in [0.1, 0.15) is 41.7 Å². The number of nitrogens with one attached hydrogen (secondary N) is 1. The number of ether oxygens (including phenoxy) is 1. The lowest BCUT2D eigenvalue weighted by Gasteiger charge is -2.32. The Balaban J connectivity index is 1.24. The number of carbonyl (C=O) groups excluding carboxylic acids is 1. The Hall–Kier alpha value is -2.75. The molecule has 31 heavy (non-hydrogen) atoms. The Morgan fingerprint density at radius 1 is 1.19 bits per heavy atom. The third-order valence-electron chi connectivity index (χ3n) is 6.57. The van der Waals surface area contributed by atoms with Gasteiger partial charge in [0.1, 0.15) is 11.5 Å². The summed E-state index contributed by atoms with van der Waals surface area (Å²) in [6.07, 6.45) is -1.58. The van der Waals surface area contributed by atoms with E-state index in [1.165, 1.54) is 11.0 Å². The van der Waals surface area contributed by atoms with Crippen molar-refractivity contribution in [3.63, 3.8) is 0 Å². The number of amides is 1. The fourth-order valence-electron chi connectivity index (χ4n) is 4.89. The maximum atomic E-state index is 13.1. The van der Waals surface area contributed by atoms with Gasteiger partial charge in [0.25, 0.3) is 5.56 Å². The molecule has 2 unspecified atom stereocenters. The number of hydrogen-bond donors (Lipinski definition) is 1. The summed E-state index contributed by atoms with van der Waals surface area (Å²) >= 11 is 0. The van der Waals surface area contributed by atoms with Crippen molar-refractivity contribution >= 4 is 5.91 Å². The van der Waals surface area contributed by atoms with E-state index in [-0.39, 0.29) is 36.7 Å². The average Bonchev–Trinajstić information content (AvgIpc) is 3.39. The molecule has 1 aliphatic carbocycles. The second-order valence-corrected chi connectivity index (χ2v) is 8.45. The molecule has 2 aliphatic heterocycles. The van der Waals surface area contributed by atoms with E-state index in [4.69, 9.17) is 9.26 Å². The SMILES string of the molecule is O=C(C1CCC(N2CCc3o[nH]c(=O)c3C2)C1)N1COc2ccc(C(F)(F)F)cc2C1. The highest BCUT2D eigenvalue weighted by atomic mass is 19.4. The first-order valence-electron chi connectivity index (χ1n) is 10.3. The van der Waals surface area contributed by atoms with Crippen LogP contribution in [0.4, 0.5) is 13.2 Å². The van der Waals surface area contributed by atoms with Gasteiger partial charge in [0.2, 0.25) is 5.91 Å². The van der Waals surface area contributed by atoms with Gasteiger partial charge in [-0.15, -0.1) is 0 Å². The number of alkyl halides is 3. The van der Waals surface area contributed by atoms with Crippen LogP contribution in [0.5, 0.6) is 5.75 Å². The molecule has 3 aliphatic rings. The molecule has 1 saturated carbocycles. The largest absolute Gasteiger partial charge is 0.473 e. The zero-order chi connectivity index (χ0) is 21.8. The van der Waals surface area contributed by atoms with Gasteiger partial charge in [-0.3, -0.25) is 14.5 Å². The second kappa shape index (κ2) is 7.44. The molecule has 1 N–H and O–H groups in total. The van der Waals surface area contributed by atoms with Gasteiger partial charge in [0, 0.05) is 37.0 Å². The Kier molecular flexibility index (Phi) is 4.84. The van der Waals surface area contributed by atoms with Gasteiger partial charge >= 0.3 is 6.18 Å². The summed E-state index contributed by atoms with van der Waals surface area (Å²) in [5, 5.41) is 2.38. The highest BCUT2D eigenvalue weighted by Gasteiger charge is 2.38. The molecule has 3 heterocycles. The molecule has 5 rings (SSSR count). The van der Waals surface area contributed by atoms with Crippen LogP contribution in [0.3, 0.4) is 0 Å². The molecule has 0 radical (unpaired) electrons. The summed E-state index contributed by atoms with van der Waals surface area (Å²) in [6.45, 7) is 1.42. The van der Waals surface area contributed by atoms with Gasteiger partial charge in [-0.1, -0.05) is 0 Å². The van der Waals surface area contributed by atoms with Gasteiger partial charge in [-0.25, -0.2) is 0 Å². The predicted molar refractivity (Wildman–Crippen MR) is 102 cm³/mol. The van der Waals surface area contributed by atoms with Crippen molar-refractivity contribution < 1.29 is 27.2 Å². The van der Waals surface area contributed by atoms with Crippen LogP contribution >= 0.6 is 0 Å². The summed E-state index contributed by atoms with van der Waals surface area (Å²) in [4.78, 5) is 28.6. The minimum absolute atomic E-state index is 0.0375. The van der Waals surface area contributed by atoms with Gasteiger partial charge < -0.3 is 14.2 Å². The smallest absolute Gasteiger partial charge is 0.416 e. The van der Waals surface area contributed by atoms with Gasteiger partial charge in [-0.2, -0.15) is 18.3 Å². The minimum atomic E-state index is -4.44. The lowest BCUT2D eigenvalue weighted by Crippen LogP contribution is -2.42. The van der Waals surface area contributed by atoms with Crippen LogP contribution in [0.25, 0.3) is 0 Å². The average molecular weight is 437 g/mol. The fraction of sp³-hybridized carbons (Fsp3) is 0.524. The molecule has 0 spiro atoms. The maximum Gasteiger partial charge on any atom is 0.416 e. The zero-order valence-corrected chi connectivity index (χ0v) is 16.7. The van der Waals surface area contributed by atoms with Crippen molar-refractivity contribution in [3.05, 3.63) is 51.0 Å². The number of aromatic amines is 1. The number of aromatic nitrogens is 1. The molecule has 2 atom stereocenters. The normalized spacial score (nSPS) is 23.9. The first-order valence-corrected chi connectivity index (χ1v) is 10.3. The van der Waals surface area contributed by atoms with Crippen molar-refractivity contribution in [2.24, 2.45) is 5.92 Å². The molecule has 10 heteroatoms. The van der Waals surface area contributed by atoms with Gasteiger partial charge in [0.15, 0.2) is 6.73 Å². The molecule has 0 saturated heterocycles. The summed E-state index contributed by atoms with van der Waals surface area (Å²) in [6, 6.07) is 3.55. The molecular weight excluding hydrogens is 415 g/mol. The van der Waals surface area contributed by atoms with Crippen LogP contribution in [0, 0.1) is 5.92 Å². The monoisotopic (exact) mass is 437 g/mol. The number of halogens is 3. The van der Waals surface area contributed by atoms with E-state index in [9.17, 15) is 22.8 Å². The second-order valence-electron chi connectivity index (χ2n) is 8.45. The molecular formula is C21H22F3N3O4. The van der Waals surface area contributed by atoms with Crippen LogP contribution in [0.15, 0.2) is 27.5 Å². The number of nitrogens with zero attached hydrogens (tertiary/aromatic N) is 2.